The van der Waals surface area contributed by atoms with Crippen LogP contribution in [0.25, 0.3) is 21.9 Å². The number of carbonyl (C=O) groups excluding carboxylic acids is 1. The molecule has 4 heteroatoms. The Kier molecular flexibility index (Phi) is 4.93. The zero-order valence-electron chi connectivity index (χ0n) is 20.1. The topological polar surface area (TPSA) is 49.8 Å². The zero-order valence-corrected chi connectivity index (χ0v) is 20.1. The van der Waals surface area contributed by atoms with E-state index in [0.717, 1.165) is 23.8 Å². The molecule has 0 saturated carbocycles. The summed E-state index contributed by atoms with van der Waals surface area (Å²) >= 11 is 0. The third kappa shape index (κ3) is 3.35. The molecule has 4 nitrogen and oxygen atoms in total. The summed E-state index contributed by atoms with van der Waals surface area (Å²) in [5.41, 5.74) is 4.93. The van der Waals surface area contributed by atoms with E-state index in [1.807, 2.05) is 23.1 Å². The summed E-state index contributed by atoms with van der Waals surface area (Å²) < 4.78 is 6.00. The maximum atomic E-state index is 13.4. The van der Waals surface area contributed by atoms with Crippen LogP contribution in [0, 0.1) is 0 Å². The van der Waals surface area contributed by atoms with Gasteiger partial charge in [-0.25, -0.2) is 4.79 Å². The third-order valence-corrected chi connectivity index (χ3v) is 8.60. The Hall–Kier alpha value is -3.63. The molecule has 1 N–H and O–H groups in total. The monoisotopic (exact) mass is 475 g/mol. The zero-order chi connectivity index (χ0) is 24.3. The first-order chi connectivity index (χ1) is 17.6. The van der Waals surface area contributed by atoms with Crippen LogP contribution in [0.2, 0.25) is 0 Å². The Morgan fingerprint density at radius 1 is 0.806 bits per heavy atom. The van der Waals surface area contributed by atoms with Crippen molar-refractivity contribution in [3.05, 3.63) is 108 Å². The van der Waals surface area contributed by atoms with Crippen LogP contribution < -0.4 is 0 Å². The van der Waals surface area contributed by atoms with Gasteiger partial charge in [-0.15, -0.1) is 0 Å². The number of nitrogens with zero attached hydrogens (tertiary/aromatic N) is 1. The Balaban J connectivity index is 1.09. The van der Waals surface area contributed by atoms with E-state index in [-0.39, 0.29) is 24.1 Å². The second kappa shape index (κ2) is 8.21. The summed E-state index contributed by atoms with van der Waals surface area (Å²) in [5, 5.41) is 14.0. The molecule has 2 fully saturated rings. The number of benzene rings is 4. The molecule has 2 aliphatic heterocycles. The summed E-state index contributed by atoms with van der Waals surface area (Å²) in [5.74, 6) is 0.0540. The van der Waals surface area contributed by atoms with Crippen molar-refractivity contribution in [2.24, 2.45) is 0 Å². The van der Waals surface area contributed by atoms with Gasteiger partial charge < -0.3 is 14.7 Å². The Bertz CT molecular complexity index is 1420. The molecule has 1 aliphatic carbocycles. The lowest BCUT2D eigenvalue weighted by Gasteiger charge is -2.43. The number of carbonyl (C=O) groups is 1. The van der Waals surface area contributed by atoms with Gasteiger partial charge in [0, 0.05) is 30.8 Å². The van der Waals surface area contributed by atoms with E-state index < -0.39 is 5.60 Å². The van der Waals surface area contributed by atoms with Crippen LogP contribution >= 0.6 is 0 Å². The van der Waals surface area contributed by atoms with Crippen LogP contribution in [0.4, 0.5) is 4.79 Å². The highest BCUT2D eigenvalue weighted by atomic mass is 16.6. The number of hydrogen-bond acceptors (Lipinski definition) is 3. The number of amides is 1. The normalized spacial score (nSPS) is 24.5. The number of fused-ring (bicyclic) bond motifs is 6. The van der Waals surface area contributed by atoms with Gasteiger partial charge in [-0.3, -0.25) is 0 Å². The van der Waals surface area contributed by atoms with E-state index in [9.17, 15) is 9.90 Å². The van der Waals surface area contributed by atoms with Crippen molar-refractivity contribution in [3.63, 3.8) is 0 Å². The molecule has 4 aromatic carbocycles. The van der Waals surface area contributed by atoms with Crippen molar-refractivity contribution < 1.29 is 14.6 Å². The van der Waals surface area contributed by atoms with Gasteiger partial charge in [0.1, 0.15) is 6.61 Å². The molecule has 2 heterocycles. The first kappa shape index (κ1) is 21.6. The van der Waals surface area contributed by atoms with E-state index >= 15 is 0 Å². The van der Waals surface area contributed by atoms with Crippen molar-refractivity contribution in [1.82, 2.24) is 4.90 Å². The summed E-state index contributed by atoms with van der Waals surface area (Å²) in [6.07, 6.45) is 2.66. The first-order valence-corrected chi connectivity index (χ1v) is 13.0. The molecule has 2 atom stereocenters. The summed E-state index contributed by atoms with van der Waals surface area (Å²) in [7, 11) is 0. The largest absolute Gasteiger partial charge is 0.448 e. The fraction of sp³-hybridized carbons (Fsp3) is 0.281. The van der Waals surface area contributed by atoms with Gasteiger partial charge in [-0.2, -0.15) is 0 Å². The molecule has 180 valence electrons. The van der Waals surface area contributed by atoms with Gasteiger partial charge in [0.15, 0.2) is 0 Å². The van der Waals surface area contributed by atoms with Crippen LogP contribution in [0.5, 0.6) is 0 Å². The van der Waals surface area contributed by atoms with Crippen LogP contribution in [-0.4, -0.2) is 34.8 Å². The molecule has 0 aromatic heterocycles. The Morgan fingerprint density at radius 2 is 1.39 bits per heavy atom. The molecule has 2 saturated heterocycles. The lowest BCUT2D eigenvalue weighted by atomic mass is 9.80. The predicted molar refractivity (Wildman–Crippen MR) is 141 cm³/mol. The van der Waals surface area contributed by atoms with Crippen molar-refractivity contribution in [2.45, 2.75) is 49.3 Å². The second-order valence-corrected chi connectivity index (χ2v) is 10.6. The van der Waals surface area contributed by atoms with E-state index in [4.69, 9.17) is 4.74 Å². The second-order valence-electron chi connectivity index (χ2n) is 10.6. The molecule has 4 aromatic rings. The Labute approximate surface area is 211 Å². The lowest BCUT2D eigenvalue weighted by molar-refractivity contribution is -0.0530. The number of piperidine rings is 1. The molecule has 7 rings (SSSR count). The van der Waals surface area contributed by atoms with Crippen LogP contribution in [0.1, 0.15) is 48.3 Å². The average Bonchev–Trinajstić information content (AvgIpc) is 3.39. The van der Waals surface area contributed by atoms with Gasteiger partial charge in [0.05, 0.1) is 5.60 Å². The number of hydrogen-bond donors (Lipinski definition) is 1. The first-order valence-electron chi connectivity index (χ1n) is 13.0. The molecule has 1 amide bonds. The summed E-state index contributed by atoms with van der Waals surface area (Å²) in [6.45, 7) is 0.331. The van der Waals surface area contributed by atoms with E-state index in [1.54, 1.807) is 0 Å². The number of rotatable bonds is 3. The molecular formula is C32H29NO3. The lowest BCUT2D eigenvalue weighted by Crippen LogP contribution is -2.52. The van der Waals surface area contributed by atoms with E-state index in [1.165, 1.54) is 27.6 Å². The summed E-state index contributed by atoms with van der Waals surface area (Å²) in [6, 6.07) is 31.3. The van der Waals surface area contributed by atoms with Crippen LogP contribution in [0.3, 0.4) is 0 Å². The highest BCUT2D eigenvalue weighted by molar-refractivity contribution is 5.83. The third-order valence-electron chi connectivity index (χ3n) is 8.60. The van der Waals surface area contributed by atoms with Gasteiger partial charge in [-0.1, -0.05) is 84.9 Å². The molecular weight excluding hydrogens is 446 g/mol. The fourth-order valence-electron chi connectivity index (χ4n) is 6.91. The molecule has 2 bridgehead atoms. The standard InChI is InChI=1S/C32H29NO3/c34-31(36-20-30-28-11-5-3-9-26(28)27-10-4-6-12-29(27)30)33-24-15-16-25(33)19-32(35,18-24)23-14-13-21-7-1-2-8-22(21)17-23/h1-14,17,24-25,30,35H,15-16,18-20H2. The highest BCUT2D eigenvalue weighted by Gasteiger charge is 2.50. The van der Waals surface area contributed by atoms with Crippen molar-refractivity contribution in [2.75, 3.05) is 6.61 Å². The molecule has 2 unspecified atom stereocenters. The minimum Gasteiger partial charge on any atom is -0.448 e. The number of ether oxygens (including phenoxy) is 1. The highest BCUT2D eigenvalue weighted by Crippen LogP contribution is 2.47. The quantitative estimate of drug-likeness (QED) is 0.363. The summed E-state index contributed by atoms with van der Waals surface area (Å²) in [4.78, 5) is 15.3. The van der Waals surface area contributed by atoms with Crippen LogP contribution in [0.15, 0.2) is 91.0 Å². The fourth-order valence-corrected chi connectivity index (χ4v) is 6.91. The Morgan fingerprint density at radius 3 is 2.06 bits per heavy atom. The molecule has 0 radical (unpaired) electrons. The average molecular weight is 476 g/mol. The maximum absolute atomic E-state index is 13.4. The predicted octanol–water partition coefficient (Wildman–Crippen LogP) is 6.60. The van der Waals surface area contributed by atoms with Crippen molar-refractivity contribution >= 4 is 16.9 Å². The number of aliphatic hydroxyl groups is 1. The smallest absolute Gasteiger partial charge is 0.410 e. The minimum atomic E-state index is -0.921. The maximum Gasteiger partial charge on any atom is 0.410 e. The van der Waals surface area contributed by atoms with Crippen LogP contribution in [-0.2, 0) is 10.3 Å². The van der Waals surface area contributed by atoms with Crippen molar-refractivity contribution in [1.29, 1.82) is 0 Å². The van der Waals surface area contributed by atoms with Crippen molar-refractivity contribution in [3.8, 4) is 11.1 Å². The molecule has 0 spiro atoms. The molecule has 3 aliphatic rings. The minimum absolute atomic E-state index is 0.00382. The SMILES string of the molecule is O=C(OCC1c2ccccc2-c2ccccc21)N1C2CCC1CC(O)(c1ccc3ccccc3c1)C2. The van der Waals surface area contributed by atoms with E-state index in [2.05, 4.69) is 72.8 Å². The van der Waals surface area contributed by atoms with Gasteiger partial charge >= 0.3 is 6.09 Å². The van der Waals surface area contributed by atoms with Gasteiger partial charge in [-0.05, 0) is 57.5 Å². The van der Waals surface area contributed by atoms with Gasteiger partial charge in [0.2, 0.25) is 0 Å². The van der Waals surface area contributed by atoms with E-state index in [0.29, 0.717) is 19.4 Å². The van der Waals surface area contributed by atoms with Gasteiger partial charge in [0.25, 0.3) is 0 Å². The molecule has 36 heavy (non-hydrogen) atoms.